The molecule has 0 saturated heterocycles. The standard InChI is InChI=1S/C24H26N2O2/c1-17(19-5-3-2-4-6-19)15-23(27)26(22-13-14-22)16-18-7-9-20(10-8-18)24(28)25-21-11-12-21/h2-10,15,21-22H,11-14,16H2,1H3,(H,25,28)/b17-15+. The van der Waals surface area contributed by atoms with Crippen LogP contribution in [0.4, 0.5) is 0 Å². The molecule has 2 aliphatic rings. The number of nitrogens with one attached hydrogen (secondary N) is 1. The first-order valence-electron chi connectivity index (χ1n) is 10.0. The van der Waals surface area contributed by atoms with Gasteiger partial charge >= 0.3 is 0 Å². The van der Waals surface area contributed by atoms with Crippen molar-refractivity contribution in [3.63, 3.8) is 0 Å². The molecule has 2 aromatic carbocycles. The Hall–Kier alpha value is -2.88. The van der Waals surface area contributed by atoms with Crippen LogP contribution in [0, 0.1) is 0 Å². The predicted molar refractivity (Wildman–Crippen MR) is 111 cm³/mol. The Labute approximate surface area is 166 Å². The Morgan fingerprint density at radius 1 is 0.964 bits per heavy atom. The van der Waals surface area contributed by atoms with Crippen LogP contribution in [-0.2, 0) is 11.3 Å². The van der Waals surface area contributed by atoms with Crippen molar-refractivity contribution in [3.05, 3.63) is 77.4 Å². The molecule has 1 N–H and O–H groups in total. The molecule has 0 spiro atoms. The third kappa shape index (κ3) is 4.69. The molecule has 0 aliphatic heterocycles. The van der Waals surface area contributed by atoms with Crippen molar-refractivity contribution in [2.75, 3.05) is 0 Å². The lowest BCUT2D eigenvalue weighted by Crippen LogP contribution is -2.31. The fourth-order valence-electron chi connectivity index (χ4n) is 3.28. The lowest BCUT2D eigenvalue weighted by molar-refractivity contribution is -0.127. The summed E-state index contributed by atoms with van der Waals surface area (Å²) in [6.07, 6.45) is 6.03. The van der Waals surface area contributed by atoms with E-state index in [4.69, 9.17) is 0 Å². The van der Waals surface area contributed by atoms with Crippen molar-refractivity contribution >= 4 is 17.4 Å². The zero-order chi connectivity index (χ0) is 19.5. The molecule has 2 aliphatic carbocycles. The predicted octanol–water partition coefficient (Wildman–Crippen LogP) is 4.17. The van der Waals surface area contributed by atoms with Crippen LogP contribution in [0.25, 0.3) is 5.57 Å². The molecule has 2 saturated carbocycles. The van der Waals surface area contributed by atoms with Gasteiger partial charge in [-0.2, -0.15) is 0 Å². The van der Waals surface area contributed by atoms with E-state index in [1.165, 1.54) is 0 Å². The van der Waals surface area contributed by atoms with E-state index in [9.17, 15) is 9.59 Å². The summed E-state index contributed by atoms with van der Waals surface area (Å²) < 4.78 is 0. The minimum Gasteiger partial charge on any atom is -0.349 e. The SMILES string of the molecule is C/C(=C\C(=O)N(Cc1ccc(C(=O)NC2CC2)cc1)C1CC1)c1ccccc1. The van der Waals surface area contributed by atoms with Gasteiger partial charge in [-0.15, -0.1) is 0 Å². The molecule has 2 fully saturated rings. The van der Waals surface area contributed by atoms with Crippen LogP contribution in [0.1, 0.15) is 54.1 Å². The molecular weight excluding hydrogens is 348 g/mol. The highest BCUT2D eigenvalue weighted by Crippen LogP contribution is 2.29. The number of amides is 2. The van der Waals surface area contributed by atoms with Crippen LogP contribution < -0.4 is 5.32 Å². The number of hydrogen-bond acceptors (Lipinski definition) is 2. The van der Waals surface area contributed by atoms with Gasteiger partial charge in [0.25, 0.3) is 5.91 Å². The number of carbonyl (C=O) groups excluding carboxylic acids is 2. The van der Waals surface area contributed by atoms with Crippen molar-refractivity contribution < 1.29 is 9.59 Å². The number of nitrogens with zero attached hydrogens (tertiary/aromatic N) is 1. The molecule has 0 unspecified atom stereocenters. The van der Waals surface area contributed by atoms with Gasteiger partial charge in [-0.25, -0.2) is 0 Å². The lowest BCUT2D eigenvalue weighted by Gasteiger charge is -2.21. The summed E-state index contributed by atoms with van der Waals surface area (Å²) in [5.74, 6) is 0.0463. The van der Waals surface area contributed by atoms with Gasteiger partial charge in [-0.1, -0.05) is 42.5 Å². The topological polar surface area (TPSA) is 49.4 Å². The molecule has 28 heavy (non-hydrogen) atoms. The number of hydrogen-bond donors (Lipinski definition) is 1. The molecule has 4 rings (SSSR count). The number of benzene rings is 2. The van der Waals surface area contributed by atoms with Crippen molar-refractivity contribution in [2.24, 2.45) is 0 Å². The second kappa shape index (κ2) is 8.01. The van der Waals surface area contributed by atoms with Crippen LogP contribution in [0.3, 0.4) is 0 Å². The summed E-state index contributed by atoms with van der Waals surface area (Å²) in [5, 5.41) is 3.00. The fourth-order valence-corrected chi connectivity index (χ4v) is 3.28. The van der Waals surface area contributed by atoms with E-state index < -0.39 is 0 Å². The first kappa shape index (κ1) is 18.5. The van der Waals surface area contributed by atoms with E-state index in [0.717, 1.165) is 42.4 Å². The van der Waals surface area contributed by atoms with Crippen molar-refractivity contribution in [3.8, 4) is 0 Å². The fraction of sp³-hybridized carbons (Fsp3) is 0.333. The van der Waals surface area contributed by atoms with Crippen LogP contribution in [0.2, 0.25) is 0 Å². The first-order valence-corrected chi connectivity index (χ1v) is 10.0. The summed E-state index contributed by atoms with van der Waals surface area (Å²) in [7, 11) is 0. The van der Waals surface area contributed by atoms with Gasteiger partial charge in [-0.3, -0.25) is 9.59 Å². The largest absolute Gasteiger partial charge is 0.349 e. The lowest BCUT2D eigenvalue weighted by atomic mass is 10.1. The molecule has 4 heteroatoms. The van der Waals surface area contributed by atoms with Gasteiger partial charge in [0.05, 0.1) is 0 Å². The molecule has 0 heterocycles. The van der Waals surface area contributed by atoms with Crippen molar-refractivity contribution in [1.29, 1.82) is 0 Å². The molecule has 2 amide bonds. The molecule has 4 nitrogen and oxygen atoms in total. The van der Waals surface area contributed by atoms with Gasteiger partial charge in [0.1, 0.15) is 0 Å². The normalized spacial score (nSPS) is 16.5. The number of allylic oxidation sites excluding steroid dienone is 1. The van der Waals surface area contributed by atoms with Crippen LogP contribution in [-0.4, -0.2) is 28.8 Å². The molecule has 0 radical (unpaired) electrons. The van der Waals surface area contributed by atoms with Crippen LogP contribution >= 0.6 is 0 Å². The Bertz CT molecular complexity index is 879. The van der Waals surface area contributed by atoms with Gasteiger partial charge in [0.2, 0.25) is 5.91 Å². The molecule has 0 bridgehead atoms. The van der Waals surface area contributed by atoms with E-state index in [1.54, 1.807) is 6.08 Å². The highest BCUT2D eigenvalue weighted by atomic mass is 16.2. The van der Waals surface area contributed by atoms with E-state index >= 15 is 0 Å². The van der Waals surface area contributed by atoms with Crippen LogP contribution in [0.5, 0.6) is 0 Å². The molecule has 2 aromatic rings. The minimum absolute atomic E-state index is 0.00871. The van der Waals surface area contributed by atoms with Gasteiger partial charge < -0.3 is 10.2 Å². The highest BCUT2D eigenvalue weighted by Gasteiger charge is 2.31. The molecule has 0 aromatic heterocycles. The number of rotatable bonds is 7. The smallest absolute Gasteiger partial charge is 0.251 e. The molecule has 144 valence electrons. The highest BCUT2D eigenvalue weighted by molar-refractivity contribution is 5.95. The average Bonchev–Trinajstić information content (AvgIpc) is 3.62. The summed E-state index contributed by atoms with van der Waals surface area (Å²) in [6, 6.07) is 18.3. The van der Waals surface area contributed by atoms with E-state index in [0.29, 0.717) is 24.2 Å². The summed E-state index contributed by atoms with van der Waals surface area (Å²) in [6.45, 7) is 2.55. The quantitative estimate of drug-likeness (QED) is 0.740. The van der Waals surface area contributed by atoms with E-state index in [-0.39, 0.29) is 11.8 Å². The van der Waals surface area contributed by atoms with E-state index in [1.807, 2.05) is 66.4 Å². The third-order valence-electron chi connectivity index (χ3n) is 5.32. The van der Waals surface area contributed by atoms with Crippen molar-refractivity contribution in [2.45, 2.75) is 51.2 Å². The molecular formula is C24H26N2O2. The summed E-state index contributed by atoms with van der Waals surface area (Å²) in [5.41, 5.74) is 3.77. The monoisotopic (exact) mass is 374 g/mol. The second-order valence-electron chi connectivity index (χ2n) is 7.84. The Balaban J connectivity index is 1.43. The minimum atomic E-state index is -0.00871. The Morgan fingerprint density at radius 3 is 2.25 bits per heavy atom. The van der Waals surface area contributed by atoms with Crippen molar-refractivity contribution in [1.82, 2.24) is 10.2 Å². The number of carbonyl (C=O) groups is 2. The second-order valence-corrected chi connectivity index (χ2v) is 7.84. The maximum Gasteiger partial charge on any atom is 0.251 e. The zero-order valence-corrected chi connectivity index (χ0v) is 16.2. The van der Waals surface area contributed by atoms with Gasteiger partial charge in [0, 0.05) is 30.3 Å². The average molecular weight is 374 g/mol. The Kier molecular flexibility index (Phi) is 5.29. The maximum absolute atomic E-state index is 12.9. The van der Waals surface area contributed by atoms with Gasteiger partial charge in [-0.05, 0) is 61.4 Å². The first-order chi connectivity index (χ1) is 13.6. The zero-order valence-electron chi connectivity index (χ0n) is 16.2. The third-order valence-corrected chi connectivity index (χ3v) is 5.32. The van der Waals surface area contributed by atoms with Crippen LogP contribution in [0.15, 0.2) is 60.7 Å². The maximum atomic E-state index is 12.9. The van der Waals surface area contributed by atoms with E-state index in [2.05, 4.69) is 5.32 Å². The Morgan fingerprint density at radius 2 is 1.64 bits per heavy atom. The summed E-state index contributed by atoms with van der Waals surface area (Å²) in [4.78, 5) is 27.0. The van der Waals surface area contributed by atoms with Gasteiger partial charge in [0.15, 0.2) is 0 Å². The summed E-state index contributed by atoms with van der Waals surface area (Å²) >= 11 is 0. The molecule has 0 atom stereocenters.